The van der Waals surface area contributed by atoms with Gasteiger partial charge in [-0.3, -0.25) is 9.80 Å². The van der Waals surface area contributed by atoms with Crippen LogP contribution in [0, 0.1) is 0 Å². The maximum Gasteiger partial charge on any atom is 0.0829 e. The van der Waals surface area contributed by atoms with Gasteiger partial charge in [-0.1, -0.05) is 6.92 Å². The molecule has 0 aromatic carbocycles. The van der Waals surface area contributed by atoms with Crippen LogP contribution in [-0.4, -0.2) is 88.1 Å². The highest BCUT2D eigenvalue weighted by Crippen LogP contribution is 2.10. The zero-order valence-electron chi connectivity index (χ0n) is 11.7. The molecule has 2 unspecified atom stereocenters. The molecule has 18 heavy (non-hydrogen) atoms. The van der Waals surface area contributed by atoms with Crippen LogP contribution in [0.3, 0.4) is 0 Å². The average molecular weight is 257 g/mol. The summed E-state index contributed by atoms with van der Waals surface area (Å²) < 4.78 is 11.6. The third kappa shape index (κ3) is 4.17. The molecule has 0 saturated carbocycles. The number of hydrogen-bond acceptors (Lipinski definition) is 5. The summed E-state index contributed by atoms with van der Waals surface area (Å²) in [6.07, 6.45) is 0.696. The van der Waals surface area contributed by atoms with E-state index in [0.717, 1.165) is 59.0 Å². The van der Waals surface area contributed by atoms with Crippen LogP contribution in [-0.2, 0) is 9.47 Å². The molecule has 2 saturated heterocycles. The fraction of sp³-hybridized carbons (Fsp3) is 1.00. The normalized spacial score (nSPS) is 31.7. The maximum absolute atomic E-state index is 5.87. The third-order valence-electron chi connectivity index (χ3n) is 3.79. The van der Waals surface area contributed by atoms with E-state index in [0.29, 0.717) is 12.2 Å². The first kappa shape index (κ1) is 14.2. The molecule has 5 nitrogen and oxygen atoms in total. The zero-order chi connectivity index (χ0) is 12.8. The number of nitrogens with zero attached hydrogens (tertiary/aromatic N) is 2. The van der Waals surface area contributed by atoms with E-state index in [4.69, 9.17) is 9.47 Å². The Balaban J connectivity index is 1.74. The Bertz CT molecular complexity index is 238. The van der Waals surface area contributed by atoms with Gasteiger partial charge in [0, 0.05) is 39.3 Å². The molecule has 106 valence electrons. The number of morpholine rings is 2. The second kappa shape index (κ2) is 7.40. The molecule has 0 spiro atoms. The first-order valence-corrected chi connectivity index (χ1v) is 7.14. The van der Waals surface area contributed by atoms with Crippen molar-refractivity contribution >= 4 is 0 Å². The zero-order valence-corrected chi connectivity index (χ0v) is 11.7. The van der Waals surface area contributed by atoms with Crippen LogP contribution in [0.4, 0.5) is 0 Å². The van der Waals surface area contributed by atoms with Crippen LogP contribution < -0.4 is 5.32 Å². The van der Waals surface area contributed by atoms with Crippen molar-refractivity contribution in [3.8, 4) is 0 Å². The van der Waals surface area contributed by atoms with Crippen molar-refractivity contribution in [2.75, 3.05) is 66.1 Å². The lowest BCUT2D eigenvalue weighted by atomic mass is 10.2. The number of likely N-dealkylation sites (N-methyl/N-ethyl adjacent to an activating group) is 2. The van der Waals surface area contributed by atoms with Crippen LogP contribution in [0.25, 0.3) is 0 Å². The molecule has 1 N–H and O–H groups in total. The number of rotatable bonds is 5. The van der Waals surface area contributed by atoms with Crippen LogP contribution in [0.2, 0.25) is 0 Å². The van der Waals surface area contributed by atoms with E-state index in [-0.39, 0.29) is 0 Å². The number of ether oxygens (including phenoxy) is 2. The van der Waals surface area contributed by atoms with Gasteiger partial charge in [-0.25, -0.2) is 0 Å². The molecule has 0 bridgehead atoms. The van der Waals surface area contributed by atoms with E-state index in [1.165, 1.54) is 0 Å². The van der Waals surface area contributed by atoms with Crippen LogP contribution >= 0.6 is 0 Å². The van der Waals surface area contributed by atoms with Gasteiger partial charge < -0.3 is 14.8 Å². The van der Waals surface area contributed by atoms with Crippen LogP contribution in [0.1, 0.15) is 6.92 Å². The molecule has 0 radical (unpaired) electrons. The highest BCUT2D eigenvalue weighted by atomic mass is 16.5. The van der Waals surface area contributed by atoms with E-state index in [1.807, 2.05) is 7.05 Å². The molecule has 2 aliphatic rings. The molecule has 2 aliphatic heterocycles. The summed E-state index contributed by atoms with van der Waals surface area (Å²) in [5.41, 5.74) is 0. The van der Waals surface area contributed by atoms with Crippen molar-refractivity contribution < 1.29 is 9.47 Å². The Morgan fingerprint density at radius 2 is 1.72 bits per heavy atom. The summed E-state index contributed by atoms with van der Waals surface area (Å²) in [4.78, 5) is 4.95. The Labute approximate surface area is 110 Å². The van der Waals surface area contributed by atoms with Gasteiger partial charge in [-0.2, -0.15) is 0 Å². The van der Waals surface area contributed by atoms with Gasteiger partial charge in [0.15, 0.2) is 0 Å². The van der Waals surface area contributed by atoms with E-state index >= 15 is 0 Å². The monoisotopic (exact) mass is 257 g/mol. The summed E-state index contributed by atoms with van der Waals surface area (Å²) in [5, 5.41) is 3.19. The van der Waals surface area contributed by atoms with Gasteiger partial charge in [0.05, 0.1) is 25.4 Å². The van der Waals surface area contributed by atoms with Crippen molar-refractivity contribution in [3.63, 3.8) is 0 Å². The quantitative estimate of drug-likeness (QED) is 0.727. The SMILES string of the molecule is CCN1CCOC(CN2CCOC(CNC)C2)C1. The molecule has 0 aliphatic carbocycles. The summed E-state index contributed by atoms with van der Waals surface area (Å²) in [5.74, 6) is 0. The molecular formula is C13H27N3O2. The standard InChI is InChI=1S/C13H27N3O2/c1-3-15-4-6-18-13(10-15)11-16-5-7-17-12(9-16)8-14-2/h12-14H,3-11H2,1-2H3. The Kier molecular flexibility index (Phi) is 5.85. The van der Waals surface area contributed by atoms with Crippen molar-refractivity contribution in [3.05, 3.63) is 0 Å². The molecule has 2 heterocycles. The topological polar surface area (TPSA) is 37.0 Å². The lowest BCUT2D eigenvalue weighted by molar-refractivity contribution is -0.0727. The second-order valence-corrected chi connectivity index (χ2v) is 5.20. The molecule has 2 rings (SSSR count). The van der Waals surface area contributed by atoms with Crippen molar-refractivity contribution in [2.45, 2.75) is 19.1 Å². The van der Waals surface area contributed by atoms with E-state index in [9.17, 15) is 0 Å². The highest BCUT2D eigenvalue weighted by Gasteiger charge is 2.25. The first-order valence-electron chi connectivity index (χ1n) is 7.14. The van der Waals surface area contributed by atoms with E-state index in [1.54, 1.807) is 0 Å². The summed E-state index contributed by atoms with van der Waals surface area (Å²) in [6.45, 7) is 11.3. The molecule has 0 amide bonds. The van der Waals surface area contributed by atoms with E-state index in [2.05, 4.69) is 22.0 Å². The van der Waals surface area contributed by atoms with Crippen LogP contribution in [0.15, 0.2) is 0 Å². The first-order chi connectivity index (χ1) is 8.81. The van der Waals surface area contributed by atoms with Gasteiger partial charge in [0.25, 0.3) is 0 Å². The van der Waals surface area contributed by atoms with Gasteiger partial charge in [0.1, 0.15) is 0 Å². The molecule has 0 aromatic heterocycles. The molecule has 2 fully saturated rings. The summed E-state index contributed by atoms with van der Waals surface area (Å²) >= 11 is 0. The maximum atomic E-state index is 5.87. The van der Waals surface area contributed by atoms with Crippen molar-refractivity contribution in [1.82, 2.24) is 15.1 Å². The predicted octanol–water partition coefficient (Wildman–Crippen LogP) is -0.373. The lowest BCUT2D eigenvalue weighted by Gasteiger charge is -2.38. The molecule has 0 aromatic rings. The molecule has 2 atom stereocenters. The summed E-state index contributed by atoms with van der Waals surface area (Å²) in [7, 11) is 1.98. The van der Waals surface area contributed by atoms with Gasteiger partial charge in [-0.05, 0) is 13.6 Å². The smallest absolute Gasteiger partial charge is 0.0829 e. The van der Waals surface area contributed by atoms with Crippen molar-refractivity contribution in [2.24, 2.45) is 0 Å². The largest absolute Gasteiger partial charge is 0.374 e. The Hall–Kier alpha value is -0.200. The molecule has 5 heteroatoms. The minimum absolute atomic E-state index is 0.328. The lowest BCUT2D eigenvalue weighted by Crippen LogP contribution is -2.52. The fourth-order valence-electron chi connectivity index (χ4n) is 2.76. The molecular weight excluding hydrogens is 230 g/mol. The average Bonchev–Trinajstić information content (AvgIpc) is 2.40. The third-order valence-corrected chi connectivity index (χ3v) is 3.79. The van der Waals surface area contributed by atoms with Gasteiger partial charge >= 0.3 is 0 Å². The Morgan fingerprint density at radius 3 is 2.44 bits per heavy atom. The van der Waals surface area contributed by atoms with Gasteiger partial charge in [-0.15, -0.1) is 0 Å². The summed E-state index contributed by atoms with van der Waals surface area (Å²) in [6, 6.07) is 0. The fourth-order valence-corrected chi connectivity index (χ4v) is 2.76. The second-order valence-electron chi connectivity index (χ2n) is 5.20. The van der Waals surface area contributed by atoms with Gasteiger partial charge in [0.2, 0.25) is 0 Å². The minimum Gasteiger partial charge on any atom is -0.374 e. The highest BCUT2D eigenvalue weighted by molar-refractivity contribution is 4.78. The van der Waals surface area contributed by atoms with Crippen molar-refractivity contribution in [1.29, 1.82) is 0 Å². The predicted molar refractivity (Wildman–Crippen MR) is 72.0 cm³/mol. The number of nitrogens with one attached hydrogen (secondary N) is 1. The van der Waals surface area contributed by atoms with E-state index < -0.39 is 0 Å². The minimum atomic E-state index is 0.328. The van der Waals surface area contributed by atoms with Crippen LogP contribution in [0.5, 0.6) is 0 Å². The number of hydrogen-bond donors (Lipinski definition) is 1. The Morgan fingerprint density at radius 1 is 1.06 bits per heavy atom.